The van der Waals surface area contributed by atoms with Crippen molar-refractivity contribution in [3.63, 3.8) is 0 Å². The number of aromatic nitrogens is 2. The zero-order valence-corrected chi connectivity index (χ0v) is 22.8. The standard InChI is InChI=1S/C26H32F3N5O5S/c1-33(20-11-14-40(38,39)16-20)25(37)18-9-7-17(8-10-18)23(35)30-12-13-31-24(36)21-15-34(19-5-3-2-4-6-19)32-22(21)26(27,28)29/h2-6,15,17-18,20H,7-14,16H2,1H3,(H,30,35)(H,31,36). The molecule has 3 amide bonds. The fourth-order valence-corrected chi connectivity index (χ4v) is 6.99. The first-order valence-corrected chi connectivity index (χ1v) is 14.9. The van der Waals surface area contributed by atoms with Gasteiger partial charge in [0.25, 0.3) is 5.91 Å². The second-order valence-corrected chi connectivity index (χ2v) is 12.5. The van der Waals surface area contributed by atoms with Crippen molar-refractivity contribution in [1.82, 2.24) is 25.3 Å². The first kappa shape index (κ1) is 29.6. The second kappa shape index (κ2) is 12.0. The molecule has 1 aromatic heterocycles. The molecule has 0 bridgehead atoms. The zero-order chi connectivity index (χ0) is 29.1. The molecule has 40 heavy (non-hydrogen) atoms. The van der Waals surface area contributed by atoms with Crippen molar-refractivity contribution in [1.29, 1.82) is 0 Å². The number of amides is 3. The Morgan fingerprint density at radius 3 is 2.23 bits per heavy atom. The van der Waals surface area contributed by atoms with E-state index >= 15 is 0 Å². The Kier molecular flexibility index (Phi) is 8.86. The number of nitrogens with zero attached hydrogens (tertiary/aromatic N) is 3. The highest BCUT2D eigenvalue weighted by Gasteiger charge is 2.40. The summed E-state index contributed by atoms with van der Waals surface area (Å²) < 4.78 is 65.0. The number of carbonyl (C=O) groups excluding carboxylic acids is 3. The minimum Gasteiger partial charge on any atom is -0.354 e. The predicted octanol–water partition coefficient (Wildman–Crippen LogP) is 2.19. The number of sulfone groups is 1. The van der Waals surface area contributed by atoms with Crippen molar-refractivity contribution >= 4 is 27.6 Å². The van der Waals surface area contributed by atoms with E-state index in [2.05, 4.69) is 15.7 Å². The highest BCUT2D eigenvalue weighted by Crippen LogP contribution is 2.32. The van der Waals surface area contributed by atoms with Crippen molar-refractivity contribution < 1.29 is 36.0 Å². The molecule has 1 atom stereocenters. The summed E-state index contributed by atoms with van der Waals surface area (Å²) in [5, 5.41) is 8.65. The van der Waals surface area contributed by atoms with Crippen LogP contribution in [0.3, 0.4) is 0 Å². The summed E-state index contributed by atoms with van der Waals surface area (Å²) in [6.45, 7) is -0.0577. The van der Waals surface area contributed by atoms with Crippen molar-refractivity contribution in [3.8, 4) is 5.69 Å². The van der Waals surface area contributed by atoms with E-state index in [0.717, 1.165) is 10.9 Å². The van der Waals surface area contributed by atoms with Crippen LogP contribution >= 0.6 is 0 Å². The van der Waals surface area contributed by atoms with E-state index in [4.69, 9.17) is 0 Å². The highest BCUT2D eigenvalue weighted by molar-refractivity contribution is 7.91. The lowest BCUT2D eigenvalue weighted by Gasteiger charge is -2.32. The number of rotatable bonds is 8. The number of para-hydroxylation sites is 1. The van der Waals surface area contributed by atoms with Crippen LogP contribution in [-0.4, -0.2) is 78.5 Å². The van der Waals surface area contributed by atoms with Crippen LogP contribution in [-0.2, 0) is 25.6 Å². The number of hydrogen-bond acceptors (Lipinski definition) is 6. The molecule has 2 fully saturated rings. The van der Waals surface area contributed by atoms with E-state index in [1.165, 1.54) is 4.90 Å². The molecule has 0 radical (unpaired) electrons. The van der Waals surface area contributed by atoms with Gasteiger partial charge >= 0.3 is 6.18 Å². The summed E-state index contributed by atoms with van der Waals surface area (Å²) in [4.78, 5) is 39.5. The molecule has 14 heteroatoms. The molecule has 10 nitrogen and oxygen atoms in total. The molecule has 1 aliphatic carbocycles. The molecule has 2 heterocycles. The van der Waals surface area contributed by atoms with Crippen molar-refractivity contribution in [2.24, 2.45) is 11.8 Å². The Balaban J connectivity index is 1.23. The lowest BCUT2D eigenvalue weighted by molar-refractivity contribution is -0.141. The van der Waals surface area contributed by atoms with Crippen molar-refractivity contribution in [2.45, 2.75) is 44.3 Å². The molecule has 1 saturated carbocycles. The number of benzene rings is 1. The fourth-order valence-electron chi connectivity index (χ4n) is 5.22. The van der Waals surface area contributed by atoms with Crippen LogP contribution in [0.2, 0.25) is 0 Å². The molecule has 0 spiro atoms. The smallest absolute Gasteiger partial charge is 0.354 e. The molecule has 2 aliphatic rings. The molecule has 1 saturated heterocycles. The summed E-state index contributed by atoms with van der Waals surface area (Å²) in [5.41, 5.74) is -1.55. The SMILES string of the molecule is CN(C(=O)C1CCC(C(=O)NCCNC(=O)c2cn(-c3ccccc3)nc2C(F)(F)F)CC1)C1CCS(=O)(=O)C1. The van der Waals surface area contributed by atoms with E-state index in [1.54, 1.807) is 37.4 Å². The molecular formula is C26H32F3N5O5S. The second-order valence-electron chi connectivity index (χ2n) is 10.3. The number of hydrogen-bond donors (Lipinski definition) is 2. The summed E-state index contributed by atoms with van der Waals surface area (Å²) in [6.07, 6.45) is -1.39. The number of halogens is 3. The largest absolute Gasteiger partial charge is 0.435 e. The predicted molar refractivity (Wildman–Crippen MR) is 139 cm³/mol. The molecular weight excluding hydrogens is 551 g/mol. The zero-order valence-electron chi connectivity index (χ0n) is 22.0. The molecule has 2 aromatic rings. The molecule has 1 aromatic carbocycles. The highest BCUT2D eigenvalue weighted by atomic mass is 32.2. The summed E-state index contributed by atoms with van der Waals surface area (Å²) in [5.74, 6) is -1.82. The number of carbonyl (C=O) groups is 3. The van der Waals surface area contributed by atoms with Crippen molar-refractivity contribution in [2.75, 3.05) is 31.6 Å². The fraction of sp³-hybridized carbons (Fsp3) is 0.538. The van der Waals surface area contributed by atoms with E-state index in [0.29, 0.717) is 37.8 Å². The minimum atomic E-state index is -4.83. The van der Waals surface area contributed by atoms with Crippen LogP contribution < -0.4 is 10.6 Å². The third-order valence-corrected chi connectivity index (χ3v) is 9.26. The summed E-state index contributed by atoms with van der Waals surface area (Å²) in [6, 6.07) is 7.80. The van der Waals surface area contributed by atoms with Gasteiger partial charge in [-0.2, -0.15) is 18.3 Å². The van der Waals surface area contributed by atoms with Crippen LogP contribution in [0.4, 0.5) is 13.2 Å². The minimum absolute atomic E-state index is 0.0174. The lowest BCUT2D eigenvalue weighted by atomic mass is 9.80. The molecule has 1 unspecified atom stereocenters. The normalized spacial score (nSPS) is 22.4. The van der Waals surface area contributed by atoms with Crippen LogP contribution in [0, 0.1) is 11.8 Å². The Labute approximate surface area is 230 Å². The summed E-state index contributed by atoms with van der Waals surface area (Å²) in [7, 11) is -1.47. The quantitative estimate of drug-likeness (QED) is 0.459. The molecule has 1 aliphatic heterocycles. The van der Waals surface area contributed by atoms with Gasteiger partial charge in [0.2, 0.25) is 11.8 Å². The Bertz CT molecular complexity index is 1340. The van der Waals surface area contributed by atoms with Gasteiger partial charge in [0.1, 0.15) is 0 Å². The van der Waals surface area contributed by atoms with Crippen LogP contribution in [0.15, 0.2) is 36.5 Å². The van der Waals surface area contributed by atoms with E-state index in [-0.39, 0.29) is 54.3 Å². The third kappa shape index (κ3) is 7.01. The maximum absolute atomic E-state index is 13.5. The Hall–Kier alpha value is -3.42. The lowest BCUT2D eigenvalue weighted by Crippen LogP contribution is -2.43. The van der Waals surface area contributed by atoms with Crippen molar-refractivity contribution in [3.05, 3.63) is 47.8 Å². The maximum Gasteiger partial charge on any atom is 0.435 e. The van der Waals surface area contributed by atoms with Crippen LogP contribution in [0.5, 0.6) is 0 Å². The number of nitrogens with one attached hydrogen (secondary N) is 2. The summed E-state index contributed by atoms with van der Waals surface area (Å²) >= 11 is 0. The van der Waals surface area contributed by atoms with Gasteiger partial charge in [-0.05, 0) is 44.2 Å². The van der Waals surface area contributed by atoms with Gasteiger partial charge < -0.3 is 15.5 Å². The van der Waals surface area contributed by atoms with Gasteiger partial charge in [0.05, 0.1) is 22.8 Å². The third-order valence-electron chi connectivity index (χ3n) is 7.51. The number of alkyl halides is 3. The first-order valence-electron chi connectivity index (χ1n) is 13.1. The van der Waals surface area contributed by atoms with Gasteiger partial charge in [0, 0.05) is 44.2 Å². The maximum atomic E-state index is 13.5. The van der Waals surface area contributed by atoms with Gasteiger partial charge in [-0.15, -0.1) is 0 Å². The van der Waals surface area contributed by atoms with Gasteiger partial charge in [-0.1, -0.05) is 18.2 Å². The molecule has 218 valence electrons. The van der Waals surface area contributed by atoms with Gasteiger partial charge in [-0.25, -0.2) is 13.1 Å². The molecule has 4 rings (SSSR count). The Morgan fingerprint density at radius 1 is 1.00 bits per heavy atom. The first-order chi connectivity index (χ1) is 18.9. The average Bonchev–Trinajstić information content (AvgIpc) is 3.54. The van der Waals surface area contributed by atoms with Crippen LogP contribution in [0.1, 0.15) is 48.2 Å². The van der Waals surface area contributed by atoms with Gasteiger partial charge in [-0.3, -0.25) is 14.4 Å². The molecule has 2 N–H and O–H groups in total. The van der Waals surface area contributed by atoms with Crippen LogP contribution in [0.25, 0.3) is 5.69 Å². The van der Waals surface area contributed by atoms with E-state index < -0.39 is 33.2 Å². The average molecular weight is 584 g/mol. The van der Waals surface area contributed by atoms with E-state index in [9.17, 15) is 36.0 Å². The topological polar surface area (TPSA) is 130 Å². The van der Waals surface area contributed by atoms with E-state index in [1.807, 2.05) is 0 Å². The van der Waals surface area contributed by atoms with Gasteiger partial charge in [0.15, 0.2) is 15.5 Å². The monoisotopic (exact) mass is 583 g/mol. The Morgan fingerprint density at radius 2 is 1.62 bits per heavy atom.